The molecule has 2 aromatic carbocycles. The molecule has 0 spiro atoms. The van der Waals surface area contributed by atoms with E-state index in [1.54, 1.807) is 76.2 Å². The normalized spacial score (nSPS) is 11.3. The van der Waals surface area contributed by atoms with Crippen LogP contribution in [0.3, 0.4) is 0 Å². The average molecular weight is 554 g/mol. The van der Waals surface area contributed by atoms with Gasteiger partial charge in [-0.1, -0.05) is 57.6 Å². The van der Waals surface area contributed by atoms with Crippen molar-refractivity contribution in [3.63, 3.8) is 0 Å². The van der Waals surface area contributed by atoms with Crippen molar-refractivity contribution >= 4 is 23.5 Å². The predicted molar refractivity (Wildman–Crippen MR) is 155 cm³/mol. The van der Waals surface area contributed by atoms with Gasteiger partial charge in [-0.3, -0.25) is 4.79 Å². The van der Waals surface area contributed by atoms with E-state index in [9.17, 15) is 14.4 Å². The summed E-state index contributed by atoms with van der Waals surface area (Å²) in [7, 11) is 0. The zero-order chi connectivity index (χ0) is 29.3. The molecule has 0 radical (unpaired) electrons. The Bertz CT molecular complexity index is 1110. The molecule has 0 bridgehead atoms. The molecule has 0 unspecified atom stereocenters. The summed E-state index contributed by atoms with van der Waals surface area (Å²) < 4.78 is 21.9. The lowest BCUT2D eigenvalue weighted by molar-refractivity contribution is -0.147. The fourth-order valence-electron chi connectivity index (χ4n) is 3.70. The average Bonchev–Trinajstić information content (AvgIpc) is 2.90. The minimum absolute atomic E-state index is 0.162. The second-order valence-electron chi connectivity index (χ2n) is 9.99. The van der Waals surface area contributed by atoms with Crippen LogP contribution in [0.25, 0.3) is 0 Å². The van der Waals surface area contributed by atoms with Crippen LogP contribution in [0.15, 0.2) is 60.4 Å². The Labute approximate surface area is 238 Å². The number of benzene rings is 2. The van der Waals surface area contributed by atoms with Crippen LogP contribution in [0.1, 0.15) is 89.9 Å². The number of amides is 1. The largest absolute Gasteiger partial charge is 0.494 e. The number of carbonyl (C=O) groups is 3. The zero-order valence-electron chi connectivity index (χ0n) is 24.4. The molecule has 40 heavy (non-hydrogen) atoms. The molecule has 1 amide bonds. The lowest BCUT2D eigenvalue weighted by atomic mass is 10.1. The lowest BCUT2D eigenvalue weighted by Crippen LogP contribution is -2.20. The summed E-state index contributed by atoms with van der Waals surface area (Å²) >= 11 is 0. The molecule has 0 saturated heterocycles. The second kappa shape index (κ2) is 17.7. The maximum atomic E-state index is 13.0. The van der Waals surface area contributed by atoms with Crippen LogP contribution in [0.5, 0.6) is 11.5 Å². The Balaban J connectivity index is 2.02. The summed E-state index contributed by atoms with van der Waals surface area (Å²) in [6.07, 6.45) is 8.63. The number of hydrogen-bond donors (Lipinski definition) is 1. The summed E-state index contributed by atoms with van der Waals surface area (Å²) in [5, 5.41) is 2.80. The molecule has 8 nitrogen and oxygen atoms in total. The first-order chi connectivity index (χ1) is 19.2. The molecule has 0 aliphatic carbocycles. The maximum absolute atomic E-state index is 13.0. The van der Waals surface area contributed by atoms with E-state index in [-0.39, 0.29) is 23.5 Å². The van der Waals surface area contributed by atoms with Crippen molar-refractivity contribution in [2.45, 2.75) is 91.8 Å². The summed E-state index contributed by atoms with van der Waals surface area (Å²) in [6, 6.07) is 13.5. The van der Waals surface area contributed by atoms with Gasteiger partial charge in [-0.2, -0.15) is 0 Å². The van der Waals surface area contributed by atoms with Crippen molar-refractivity contribution in [1.29, 1.82) is 0 Å². The highest BCUT2D eigenvalue weighted by molar-refractivity contribution is 6.05. The highest BCUT2D eigenvalue weighted by Gasteiger charge is 2.20. The van der Waals surface area contributed by atoms with Crippen molar-refractivity contribution in [3.8, 4) is 11.5 Å². The zero-order valence-corrected chi connectivity index (χ0v) is 24.4. The highest BCUT2D eigenvalue weighted by Crippen LogP contribution is 2.27. The number of unbranched alkanes of at least 4 members (excludes halogenated alkanes) is 6. The van der Waals surface area contributed by atoms with Crippen molar-refractivity contribution in [2.75, 3.05) is 11.9 Å². The van der Waals surface area contributed by atoms with E-state index in [4.69, 9.17) is 18.9 Å². The Morgan fingerprint density at radius 3 is 2.08 bits per heavy atom. The molecule has 0 aliphatic rings. The van der Waals surface area contributed by atoms with Crippen LogP contribution < -0.4 is 14.8 Å². The number of nitrogens with one attached hydrogen (secondary N) is 1. The standard InChI is InChI=1S/C32H43NO7/c1-6-7-8-9-10-11-14-21-37-26-19-17-25(18-20-26)31(35)33-27-15-12-13-16-28(27)40-29(32(36)39-24(4)5)22-30(34)38-23(2)3/h12-13,15-20,22-24H,6-11,14,21H2,1-5H3,(H,33,35)/b29-22-. The predicted octanol–water partition coefficient (Wildman–Crippen LogP) is 7.23. The van der Waals surface area contributed by atoms with Crippen LogP contribution in [0, 0.1) is 0 Å². The number of rotatable bonds is 17. The number of ether oxygens (including phenoxy) is 4. The molecule has 218 valence electrons. The first-order valence-corrected chi connectivity index (χ1v) is 14.1. The minimum Gasteiger partial charge on any atom is -0.494 e. The molecular formula is C32H43NO7. The number of anilines is 1. The third-order valence-corrected chi connectivity index (χ3v) is 5.63. The summed E-state index contributed by atoms with van der Waals surface area (Å²) in [5.74, 6) is -1.44. The van der Waals surface area contributed by atoms with E-state index in [1.807, 2.05) is 0 Å². The Morgan fingerprint density at radius 2 is 1.43 bits per heavy atom. The van der Waals surface area contributed by atoms with Gasteiger partial charge in [0.25, 0.3) is 5.91 Å². The van der Waals surface area contributed by atoms with Gasteiger partial charge in [0, 0.05) is 5.56 Å². The Kier molecular flexibility index (Phi) is 14.3. The van der Waals surface area contributed by atoms with E-state index >= 15 is 0 Å². The van der Waals surface area contributed by atoms with Crippen LogP contribution in [0.2, 0.25) is 0 Å². The van der Waals surface area contributed by atoms with E-state index in [1.165, 1.54) is 32.1 Å². The molecule has 0 saturated carbocycles. The SMILES string of the molecule is CCCCCCCCCOc1ccc(C(=O)Nc2ccccc2O/C(=C\C(=O)OC(C)C)C(=O)OC(C)C)cc1. The van der Waals surface area contributed by atoms with Crippen molar-refractivity contribution in [2.24, 2.45) is 0 Å². The minimum atomic E-state index is -0.830. The third-order valence-electron chi connectivity index (χ3n) is 5.63. The van der Waals surface area contributed by atoms with Gasteiger partial charge in [-0.05, 0) is 70.5 Å². The maximum Gasteiger partial charge on any atom is 0.374 e. The lowest BCUT2D eigenvalue weighted by Gasteiger charge is -2.15. The van der Waals surface area contributed by atoms with E-state index in [0.717, 1.165) is 18.9 Å². The van der Waals surface area contributed by atoms with Gasteiger partial charge in [0.1, 0.15) is 5.75 Å². The number of carbonyl (C=O) groups excluding carboxylic acids is 3. The number of hydrogen-bond acceptors (Lipinski definition) is 7. The first-order valence-electron chi connectivity index (χ1n) is 14.1. The molecular weight excluding hydrogens is 510 g/mol. The van der Waals surface area contributed by atoms with Crippen molar-refractivity contribution in [1.82, 2.24) is 0 Å². The van der Waals surface area contributed by atoms with Crippen LogP contribution in [-0.2, 0) is 19.1 Å². The molecule has 0 aliphatic heterocycles. The van der Waals surface area contributed by atoms with Crippen molar-refractivity contribution in [3.05, 3.63) is 65.9 Å². The summed E-state index contributed by atoms with van der Waals surface area (Å²) in [5.41, 5.74) is 0.737. The fourth-order valence-corrected chi connectivity index (χ4v) is 3.70. The van der Waals surface area contributed by atoms with Gasteiger partial charge in [-0.15, -0.1) is 0 Å². The molecule has 0 fully saturated rings. The fraction of sp³-hybridized carbons (Fsp3) is 0.469. The molecule has 1 N–H and O–H groups in total. The summed E-state index contributed by atoms with van der Waals surface area (Å²) in [4.78, 5) is 37.8. The van der Waals surface area contributed by atoms with Crippen molar-refractivity contribution < 1.29 is 33.3 Å². The highest BCUT2D eigenvalue weighted by atomic mass is 16.6. The Hall–Kier alpha value is -3.81. The number of esters is 2. The van der Waals surface area contributed by atoms with Gasteiger partial charge in [-0.25, -0.2) is 9.59 Å². The summed E-state index contributed by atoms with van der Waals surface area (Å²) in [6.45, 7) is 9.61. The van der Waals surface area contributed by atoms with Crippen LogP contribution >= 0.6 is 0 Å². The van der Waals surface area contributed by atoms with Crippen LogP contribution in [0.4, 0.5) is 5.69 Å². The number of para-hydroxylation sites is 2. The molecule has 0 aromatic heterocycles. The second-order valence-corrected chi connectivity index (χ2v) is 9.99. The molecule has 2 rings (SSSR count). The topological polar surface area (TPSA) is 100 Å². The smallest absolute Gasteiger partial charge is 0.374 e. The molecule has 2 aromatic rings. The van der Waals surface area contributed by atoms with E-state index < -0.39 is 18.0 Å². The van der Waals surface area contributed by atoms with Gasteiger partial charge in [0.05, 0.1) is 30.6 Å². The van der Waals surface area contributed by atoms with Gasteiger partial charge < -0.3 is 24.3 Å². The van der Waals surface area contributed by atoms with Crippen LogP contribution in [-0.4, -0.2) is 36.7 Å². The Morgan fingerprint density at radius 1 is 0.800 bits per heavy atom. The monoisotopic (exact) mass is 553 g/mol. The molecule has 0 heterocycles. The van der Waals surface area contributed by atoms with Gasteiger partial charge in [0.2, 0.25) is 5.76 Å². The van der Waals surface area contributed by atoms with Gasteiger partial charge >= 0.3 is 11.9 Å². The molecule has 0 atom stereocenters. The third kappa shape index (κ3) is 12.4. The first kappa shape index (κ1) is 32.4. The molecule has 8 heteroatoms. The van der Waals surface area contributed by atoms with E-state index in [0.29, 0.717) is 23.6 Å². The van der Waals surface area contributed by atoms with E-state index in [2.05, 4.69) is 12.2 Å². The quantitative estimate of drug-likeness (QED) is 0.0954. The van der Waals surface area contributed by atoms with Gasteiger partial charge in [0.15, 0.2) is 5.75 Å².